The van der Waals surface area contributed by atoms with Crippen molar-refractivity contribution >= 4 is 5.91 Å². The zero-order valence-electron chi connectivity index (χ0n) is 17.4. The summed E-state index contributed by atoms with van der Waals surface area (Å²) in [5.74, 6) is 1.85. The maximum Gasteiger partial charge on any atom is 0.261 e. The highest BCUT2D eigenvalue weighted by Crippen LogP contribution is 2.26. The summed E-state index contributed by atoms with van der Waals surface area (Å²) in [4.78, 5) is 14.7. The van der Waals surface area contributed by atoms with E-state index in [0.29, 0.717) is 18.0 Å². The molecule has 1 atom stereocenters. The van der Waals surface area contributed by atoms with E-state index < -0.39 is 6.10 Å². The first-order valence-corrected chi connectivity index (χ1v) is 10.1. The van der Waals surface area contributed by atoms with Gasteiger partial charge in [0.2, 0.25) is 0 Å². The van der Waals surface area contributed by atoms with Gasteiger partial charge in [-0.25, -0.2) is 0 Å². The number of rotatable bonds is 8. The number of likely N-dealkylation sites (tertiary alicyclic amines) is 1. The van der Waals surface area contributed by atoms with E-state index in [0.717, 1.165) is 37.2 Å². The minimum Gasteiger partial charge on any atom is -0.493 e. The second kappa shape index (κ2) is 10.2. The van der Waals surface area contributed by atoms with Gasteiger partial charge in [0.05, 0.1) is 7.11 Å². The van der Waals surface area contributed by atoms with E-state index in [9.17, 15) is 4.79 Å². The molecule has 0 unspecified atom stereocenters. The molecule has 1 amide bonds. The molecule has 1 aliphatic rings. The van der Waals surface area contributed by atoms with Gasteiger partial charge in [-0.1, -0.05) is 24.3 Å². The molecule has 2 aromatic carbocycles. The summed E-state index contributed by atoms with van der Waals surface area (Å²) in [5, 5.41) is 2.91. The van der Waals surface area contributed by atoms with Gasteiger partial charge in [-0.05, 0) is 56.6 Å². The molecular formula is C23H30N2O4. The highest BCUT2D eigenvalue weighted by Gasteiger charge is 2.18. The Balaban J connectivity index is 1.46. The van der Waals surface area contributed by atoms with Gasteiger partial charge in [0.25, 0.3) is 5.91 Å². The van der Waals surface area contributed by atoms with Gasteiger partial charge in [0.15, 0.2) is 17.6 Å². The second-order valence-electron chi connectivity index (χ2n) is 7.39. The number of ether oxygens (including phenoxy) is 3. The van der Waals surface area contributed by atoms with Crippen molar-refractivity contribution in [2.24, 2.45) is 0 Å². The Kier molecular flexibility index (Phi) is 7.36. The molecule has 1 saturated heterocycles. The Labute approximate surface area is 172 Å². The fourth-order valence-electron chi connectivity index (χ4n) is 3.27. The van der Waals surface area contributed by atoms with Crippen LogP contribution in [0.2, 0.25) is 0 Å². The Hall–Kier alpha value is -2.73. The van der Waals surface area contributed by atoms with Crippen molar-refractivity contribution in [2.75, 3.05) is 27.2 Å². The lowest BCUT2D eigenvalue weighted by atomic mass is 10.1. The van der Waals surface area contributed by atoms with Crippen LogP contribution in [0, 0.1) is 0 Å². The quantitative estimate of drug-likeness (QED) is 0.740. The molecule has 1 fully saturated rings. The van der Waals surface area contributed by atoms with Gasteiger partial charge >= 0.3 is 0 Å². The number of hydrogen-bond acceptors (Lipinski definition) is 5. The molecule has 3 rings (SSSR count). The number of nitrogens with one attached hydrogen (secondary N) is 1. The van der Waals surface area contributed by atoms with Gasteiger partial charge in [0, 0.05) is 19.6 Å². The monoisotopic (exact) mass is 398 g/mol. The summed E-state index contributed by atoms with van der Waals surface area (Å²) in [6, 6.07) is 15.2. The lowest BCUT2D eigenvalue weighted by molar-refractivity contribution is -0.127. The lowest BCUT2D eigenvalue weighted by Gasteiger charge is -2.29. The molecule has 0 radical (unpaired) electrons. The number of amides is 1. The predicted octanol–water partition coefficient (Wildman–Crippen LogP) is 3.25. The maximum absolute atomic E-state index is 12.4. The van der Waals surface area contributed by atoms with Crippen molar-refractivity contribution in [3.8, 4) is 17.2 Å². The molecule has 1 aliphatic heterocycles. The van der Waals surface area contributed by atoms with E-state index in [2.05, 4.69) is 17.3 Å². The molecule has 29 heavy (non-hydrogen) atoms. The molecule has 0 aliphatic carbocycles. The molecule has 0 spiro atoms. The van der Waals surface area contributed by atoms with Crippen LogP contribution < -0.4 is 19.5 Å². The fraction of sp³-hybridized carbons (Fsp3) is 0.435. The molecule has 0 bridgehead atoms. The van der Waals surface area contributed by atoms with Crippen molar-refractivity contribution in [1.29, 1.82) is 0 Å². The number of nitrogens with zero attached hydrogens (tertiary/aromatic N) is 1. The van der Waals surface area contributed by atoms with Crippen molar-refractivity contribution in [3.63, 3.8) is 0 Å². The third-order valence-electron chi connectivity index (χ3n) is 5.10. The summed E-state index contributed by atoms with van der Waals surface area (Å²) in [6.07, 6.45) is 1.76. The highest BCUT2D eigenvalue weighted by molar-refractivity contribution is 5.80. The Bertz CT molecular complexity index is 786. The topological polar surface area (TPSA) is 60.0 Å². The summed E-state index contributed by atoms with van der Waals surface area (Å²) in [5.41, 5.74) is 1.01. The van der Waals surface area contributed by atoms with Crippen LogP contribution in [-0.4, -0.2) is 50.3 Å². The first-order chi connectivity index (χ1) is 14.0. The Morgan fingerprint density at radius 2 is 1.76 bits per heavy atom. The van der Waals surface area contributed by atoms with E-state index >= 15 is 0 Å². The van der Waals surface area contributed by atoms with Crippen molar-refractivity contribution < 1.29 is 19.0 Å². The number of benzene rings is 2. The second-order valence-corrected chi connectivity index (χ2v) is 7.39. The molecule has 0 aromatic heterocycles. The zero-order chi connectivity index (χ0) is 20.6. The minimum absolute atomic E-state index is 0.178. The molecule has 156 valence electrons. The predicted molar refractivity (Wildman–Crippen MR) is 113 cm³/mol. The average molecular weight is 399 g/mol. The molecule has 1 heterocycles. The first kappa shape index (κ1) is 21.0. The summed E-state index contributed by atoms with van der Waals surface area (Å²) >= 11 is 0. The summed E-state index contributed by atoms with van der Waals surface area (Å²) in [6.45, 7) is 4.31. The third kappa shape index (κ3) is 6.12. The van der Waals surface area contributed by atoms with Gasteiger partial charge < -0.3 is 24.4 Å². The van der Waals surface area contributed by atoms with Crippen LogP contribution in [0.5, 0.6) is 17.2 Å². The number of para-hydroxylation sites is 2. The van der Waals surface area contributed by atoms with Gasteiger partial charge in [-0.2, -0.15) is 0 Å². The molecule has 6 heteroatoms. The highest BCUT2D eigenvalue weighted by atomic mass is 16.5. The number of piperidine rings is 1. The SMILES string of the molecule is COc1ccccc1O[C@H](C)C(=O)NCc1ccc(OC2CCN(C)CC2)cc1. The van der Waals surface area contributed by atoms with E-state index in [1.807, 2.05) is 36.4 Å². The number of hydrogen-bond donors (Lipinski definition) is 1. The molecule has 1 N–H and O–H groups in total. The summed E-state index contributed by atoms with van der Waals surface area (Å²) < 4.78 is 17.1. The zero-order valence-corrected chi connectivity index (χ0v) is 17.4. The van der Waals surface area contributed by atoms with Gasteiger partial charge in [0.1, 0.15) is 11.9 Å². The maximum atomic E-state index is 12.4. The number of carbonyl (C=O) groups excluding carboxylic acids is 1. The van der Waals surface area contributed by atoms with Crippen LogP contribution in [0.25, 0.3) is 0 Å². The third-order valence-corrected chi connectivity index (χ3v) is 5.10. The number of methoxy groups -OCH3 is 1. The first-order valence-electron chi connectivity index (χ1n) is 10.1. The van der Waals surface area contributed by atoms with Crippen LogP contribution in [0.1, 0.15) is 25.3 Å². The largest absolute Gasteiger partial charge is 0.493 e. The summed E-state index contributed by atoms with van der Waals surface area (Å²) in [7, 11) is 3.72. The van der Waals surface area contributed by atoms with Crippen LogP contribution in [0.3, 0.4) is 0 Å². The van der Waals surface area contributed by atoms with E-state index in [-0.39, 0.29) is 12.0 Å². The molecule has 0 saturated carbocycles. The number of carbonyl (C=O) groups is 1. The lowest BCUT2D eigenvalue weighted by Crippen LogP contribution is -2.36. The van der Waals surface area contributed by atoms with E-state index in [1.54, 1.807) is 26.2 Å². The van der Waals surface area contributed by atoms with E-state index in [4.69, 9.17) is 14.2 Å². The molecular weight excluding hydrogens is 368 g/mol. The van der Waals surface area contributed by atoms with E-state index in [1.165, 1.54) is 0 Å². The Morgan fingerprint density at radius 3 is 2.41 bits per heavy atom. The van der Waals surface area contributed by atoms with Gasteiger partial charge in [-0.3, -0.25) is 4.79 Å². The van der Waals surface area contributed by atoms with Gasteiger partial charge in [-0.15, -0.1) is 0 Å². The van der Waals surface area contributed by atoms with Crippen molar-refractivity contribution in [3.05, 3.63) is 54.1 Å². The average Bonchev–Trinajstić information content (AvgIpc) is 2.75. The molecule has 6 nitrogen and oxygen atoms in total. The Morgan fingerprint density at radius 1 is 1.10 bits per heavy atom. The normalized spacial score (nSPS) is 16.1. The smallest absolute Gasteiger partial charge is 0.261 e. The standard InChI is InChI=1S/C23H30N2O4/c1-17(28-22-7-5-4-6-21(22)27-3)23(26)24-16-18-8-10-19(11-9-18)29-20-12-14-25(2)15-13-20/h4-11,17,20H,12-16H2,1-3H3,(H,24,26)/t17-/m1/s1. The van der Waals surface area contributed by atoms with Crippen LogP contribution >= 0.6 is 0 Å². The minimum atomic E-state index is -0.627. The van der Waals surface area contributed by atoms with Crippen molar-refractivity contribution in [1.82, 2.24) is 10.2 Å². The van der Waals surface area contributed by atoms with Crippen LogP contribution in [0.4, 0.5) is 0 Å². The van der Waals surface area contributed by atoms with Crippen LogP contribution in [0.15, 0.2) is 48.5 Å². The molecule has 2 aromatic rings. The van der Waals surface area contributed by atoms with Crippen molar-refractivity contribution in [2.45, 2.75) is 38.5 Å². The van der Waals surface area contributed by atoms with Crippen LogP contribution in [-0.2, 0) is 11.3 Å². The fourth-order valence-corrected chi connectivity index (χ4v) is 3.27.